The van der Waals surface area contributed by atoms with E-state index in [0.717, 1.165) is 37.7 Å². The fourth-order valence-corrected chi connectivity index (χ4v) is 6.77. The molecule has 6 rings (SSSR count). The molecule has 0 spiro atoms. The number of nitrogens with zero attached hydrogens (tertiary/aromatic N) is 2. The van der Waals surface area contributed by atoms with Crippen LogP contribution in [0.2, 0.25) is 0 Å². The van der Waals surface area contributed by atoms with Crippen molar-refractivity contribution in [2.45, 2.75) is 62.7 Å². The fraction of sp³-hybridized carbons (Fsp3) is 0.297. The zero-order valence-electron chi connectivity index (χ0n) is 26.4. The largest absolute Gasteiger partial charge is 0.445 e. The number of likely N-dealkylation sites (tertiary alicyclic amines) is 1. The monoisotopic (exact) mass is 667 g/mol. The summed E-state index contributed by atoms with van der Waals surface area (Å²) >= 11 is 1.63. The van der Waals surface area contributed by atoms with Crippen LogP contribution in [0.5, 0.6) is 0 Å². The smallest absolute Gasteiger partial charge is 0.408 e. The van der Waals surface area contributed by atoms with Crippen molar-refractivity contribution in [2.75, 3.05) is 5.75 Å². The molecular formula is C37H37N3O7S. The summed E-state index contributed by atoms with van der Waals surface area (Å²) in [6.07, 6.45) is -0.170. The highest BCUT2D eigenvalue weighted by Gasteiger charge is 2.40. The number of pyridine rings is 1. The number of carbonyl (C=O) groups is 3. The normalized spacial score (nSPS) is 22.5. The van der Waals surface area contributed by atoms with Crippen LogP contribution < -0.4 is 5.32 Å². The Balaban J connectivity index is 1.10. The summed E-state index contributed by atoms with van der Waals surface area (Å²) in [6, 6.07) is 29.3. The average Bonchev–Trinajstić information content (AvgIpc) is 3.38. The summed E-state index contributed by atoms with van der Waals surface area (Å²) in [6.45, 7) is 2.21. The first-order valence-corrected chi connectivity index (χ1v) is 16.8. The third-order valence-corrected chi connectivity index (χ3v) is 9.53. The van der Waals surface area contributed by atoms with Gasteiger partial charge in [0.2, 0.25) is 5.91 Å². The zero-order valence-corrected chi connectivity index (χ0v) is 27.3. The van der Waals surface area contributed by atoms with Gasteiger partial charge in [0, 0.05) is 23.4 Å². The Morgan fingerprint density at radius 2 is 1.62 bits per heavy atom. The van der Waals surface area contributed by atoms with Gasteiger partial charge < -0.3 is 24.6 Å². The number of amides is 3. The predicted octanol–water partition coefficient (Wildman–Crippen LogP) is 5.71. The molecule has 0 saturated carbocycles. The van der Waals surface area contributed by atoms with Crippen molar-refractivity contribution in [3.63, 3.8) is 0 Å². The Morgan fingerprint density at radius 1 is 0.917 bits per heavy atom. The minimum Gasteiger partial charge on any atom is -0.445 e. The molecule has 48 heavy (non-hydrogen) atoms. The molecule has 3 aromatic carbocycles. The lowest BCUT2D eigenvalue weighted by molar-refractivity contribution is -0.268. The van der Waals surface area contributed by atoms with Crippen LogP contribution >= 0.6 is 11.8 Å². The van der Waals surface area contributed by atoms with Crippen LogP contribution in [0.1, 0.15) is 53.6 Å². The number of ether oxygens (including phenoxy) is 3. The fourth-order valence-electron chi connectivity index (χ4n) is 5.74. The first kappa shape index (κ1) is 33.4. The lowest BCUT2D eigenvalue weighted by Crippen LogP contribution is -2.41. The number of aliphatic hydroxyl groups is 1. The number of benzene rings is 3. The van der Waals surface area contributed by atoms with Crippen LogP contribution in [-0.2, 0) is 43.6 Å². The number of hydrogen-bond acceptors (Lipinski definition) is 9. The van der Waals surface area contributed by atoms with E-state index < -0.39 is 24.3 Å². The minimum atomic E-state index is -0.977. The van der Waals surface area contributed by atoms with Crippen molar-refractivity contribution in [1.29, 1.82) is 0 Å². The van der Waals surface area contributed by atoms with Gasteiger partial charge in [0.05, 0.1) is 36.8 Å². The molecule has 3 amide bonds. The number of nitrogens with one attached hydrogen (secondary N) is 1. The molecule has 248 valence electrons. The van der Waals surface area contributed by atoms with Gasteiger partial charge in [0.15, 0.2) is 6.29 Å². The molecule has 11 heteroatoms. The van der Waals surface area contributed by atoms with Crippen LogP contribution in [-0.4, -0.2) is 50.8 Å². The minimum absolute atomic E-state index is 0.0288. The number of rotatable bonds is 11. The molecular weight excluding hydrogens is 630 g/mol. The molecule has 2 N–H and O–H groups in total. The van der Waals surface area contributed by atoms with Crippen molar-refractivity contribution < 1.29 is 33.7 Å². The number of aromatic nitrogens is 1. The van der Waals surface area contributed by atoms with Crippen LogP contribution in [0, 0.1) is 5.92 Å². The predicted molar refractivity (Wildman–Crippen MR) is 178 cm³/mol. The van der Waals surface area contributed by atoms with Crippen molar-refractivity contribution in [3.05, 3.63) is 131 Å². The van der Waals surface area contributed by atoms with E-state index in [1.165, 1.54) is 0 Å². The Bertz CT molecular complexity index is 1690. The van der Waals surface area contributed by atoms with Gasteiger partial charge in [-0.1, -0.05) is 91.9 Å². The van der Waals surface area contributed by atoms with E-state index in [-0.39, 0.29) is 50.2 Å². The standard InChI is InChI=1S/C37H37N3O7S/c1-24-31(23-48-32-9-5-6-18-38-32)46-36(47-34(24)28-14-12-26(21-41)13-15-28)29-16-10-25(11-17-29)20-40-33(42)19-30(35(40)43)39-37(44)45-22-27-7-3-2-4-8-27/h2-18,24,30-31,34,36,41H,19-23H2,1H3,(H,39,44)/t24-,30?,31+,34+,36+/m0/s1. The van der Waals surface area contributed by atoms with Crippen molar-refractivity contribution in [2.24, 2.45) is 5.92 Å². The number of hydrogen-bond donors (Lipinski definition) is 2. The van der Waals surface area contributed by atoms with E-state index in [2.05, 4.69) is 17.2 Å². The van der Waals surface area contributed by atoms with E-state index >= 15 is 0 Å². The summed E-state index contributed by atoms with van der Waals surface area (Å²) in [5, 5.41) is 13.0. The van der Waals surface area contributed by atoms with Gasteiger partial charge in [-0.05, 0) is 34.4 Å². The van der Waals surface area contributed by atoms with Crippen LogP contribution in [0.3, 0.4) is 0 Å². The van der Waals surface area contributed by atoms with Gasteiger partial charge in [0.1, 0.15) is 12.6 Å². The Morgan fingerprint density at radius 3 is 2.33 bits per heavy atom. The highest BCUT2D eigenvalue weighted by Crippen LogP contribution is 2.43. The van der Waals surface area contributed by atoms with Crippen LogP contribution in [0.4, 0.5) is 4.79 Å². The highest BCUT2D eigenvalue weighted by molar-refractivity contribution is 7.99. The topological polar surface area (TPSA) is 127 Å². The van der Waals surface area contributed by atoms with E-state index in [9.17, 15) is 19.5 Å². The molecule has 2 aliphatic rings. The van der Waals surface area contributed by atoms with E-state index in [1.54, 1.807) is 18.0 Å². The summed E-state index contributed by atoms with van der Waals surface area (Å²) < 4.78 is 18.3. The number of aliphatic hydroxyl groups excluding tert-OH is 1. The Kier molecular flexibility index (Phi) is 10.8. The molecule has 0 bridgehead atoms. The third kappa shape index (κ3) is 8.11. The quantitative estimate of drug-likeness (QED) is 0.153. The molecule has 10 nitrogen and oxygen atoms in total. The average molecular weight is 668 g/mol. The van der Waals surface area contributed by atoms with Gasteiger partial charge in [-0.25, -0.2) is 9.78 Å². The molecule has 1 unspecified atom stereocenters. The van der Waals surface area contributed by atoms with Gasteiger partial charge in [0.25, 0.3) is 5.91 Å². The van der Waals surface area contributed by atoms with Gasteiger partial charge in [-0.15, -0.1) is 11.8 Å². The number of carbonyl (C=O) groups excluding carboxylic acids is 3. The summed E-state index contributed by atoms with van der Waals surface area (Å²) in [7, 11) is 0. The molecule has 0 aliphatic carbocycles. The number of thioether (sulfide) groups is 1. The second-order valence-electron chi connectivity index (χ2n) is 11.8. The van der Waals surface area contributed by atoms with E-state index in [0.29, 0.717) is 5.75 Å². The molecule has 5 atom stereocenters. The van der Waals surface area contributed by atoms with Gasteiger partial charge >= 0.3 is 6.09 Å². The third-order valence-electron chi connectivity index (χ3n) is 8.50. The molecule has 2 fully saturated rings. The molecule has 0 radical (unpaired) electrons. The van der Waals surface area contributed by atoms with Crippen molar-refractivity contribution in [1.82, 2.24) is 15.2 Å². The van der Waals surface area contributed by atoms with Crippen molar-refractivity contribution in [3.8, 4) is 0 Å². The molecule has 2 saturated heterocycles. The van der Waals surface area contributed by atoms with Gasteiger partial charge in [-0.2, -0.15) is 0 Å². The maximum absolute atomic E-state index is 13.1. The number of imide groups is 1. The first-order valence-electron chi connectivity index (χ1n) is 15.8. The maximum atomic E-state index is 13.1. The van der Waals surface area contributed by atoms with Crippen molar-refractivity contribution >= 4 is 29.7 Å². The second-order valence-corrected chi connectivity index (χ2v) is 12.9. The van der Waals surface area contributed by atoms with E-state index in [4.69, 9.17) is 14.2 Å². The molecule has 4 aromatic rings. The van der Waals surface area contributed by atoms with E-state index in [1.807, 2.05) is 97.1 Å². The Hall–Kier alpha value is -4.55. The zero-order chi connectivity index (χ0) is 33.5. The molecule has 3 heterocycles. The second kappa shape index (κ2) is 15.6. The summed E-state index contributed by atoms with van der Waals surface area (Å²) in [5.74, 6) is -0.137. The lowest BCUT2D eigenvalue weighted by Gasteiger charge is -2.41. The molecule has 1 aromatic heterocycles. The first-order chi connectivity index (χ1) is 23.4. The lowest BCUT2D eigenvalue weighted by atomic mass is 9.91. The summed E-state index contributed by atoms with van der Waals surface area (Å²) in [4.78, 5) is 43.7. The molecule has 2 aliphatic heterocycles. The SMILES string of the molecule is C[C@H]1[C@@H](CSc2ccccn2)O[C@@H](c2ccc(CN3C(=O)CC(NC(=O)OCc4ccccc4)C3=O)cc2)O[C@H]1c1ccc(CO)cc1. The van der Waals surface area contributed by atoms with Crippen LogP contribution in [0.25, 0.3) is 0 Å². The number of alkyl carbamates (subject to hydrolysis) is 1. The van der Waals surface area contributed by atoms with Crippen LogP contribution in [0.15, 0.2) is 108 Å². The summed E-state index contributed by atoms with van der Waals surface area (Å²) in [5.41, 5.74) is 4.19. The van der Waals surface area contributed by atoms with Gasteiger partial charge in [-0.3, -0.25) is 14.5 Å². The highest BCUT2D eigenvalue weighted by atomic mass is 32.2. The maximum Gasteiger partial charge on any atom is 0.408 e. The Labute approximate surface area is 283 Å².